The lowest BCUT2D eigenvalue weighted by Crippen LogP contribution is -2.39. The van der Waals surface area contributed by atoms with Crippen LogP contribution >= 0.6 is 0 Å². The topological polar surface area (TPSA) is 54.3 Å². The number of carbonyl (C=O) groups is 1. The van der Waals surface area contributed by atoms with Crippen molar-refractivity contribution in [3.63, 3.8) is 0 Å². The molecule has 0 bridgehead atoms. The highest BCUT2D eigenvalue weighted by Crippen LogP contribution is 2.25. The van der Waals surface area contributed by atoms with E-state index in [9.17, 15) is 4.79 Å². The van der Waals surface area contributed by atoms with Crippen LogP contribution < -0.4 is 10.6 Å². The molecule has 0 aliphatic carbocycles. The number of hydrogen-bond acceptors (Lipinski definition) is 3. The van der Waals surface area contributed by atoms with E-state index in [0.29, 0.717) is 5.92 Å². The molecule has 26 heavy (non-hydrogen) atoms. The molecular formula is C22H26N2O2. The second kappa shape index (κ2) is 7.75. The zero-order valence-corrected chi connectivity index (χ0v) is 15.7. The van der Waals surface area contributed by atoms with Crippen LogP contribution in [0.3, 0.4) is 0 Å². The van der Waals surface area contributed by atoms with Gasteiger partial charge in [-0.05, 0) is 43.5 Å². The molecule has 0 saturated carbocycles. The van der Waals surface area contributed by atoms with Crippen LogP contribution in [0.5, 0.6) is 0 Å². The Labute approximate surface area is 154 Å². The SMILES string of the molecule is CC(NC(C)c1cc2ccccc2o1)C(=O)Nc1ccccc1C(C)C. The molecule has 0 aliphatic rings. The first-order chi connectivity index (χ1) is 12.5. The Morgan fingerprint density at radius 3 is 2.38 bits per heavy atom. The summed E-state index contributed by atoms with van der Waals surface area (Å²) in [7, 11) is 0. The van der Waals surface area contributed by atoms with Crippen LogP contribution in [0, 0.1) is 0 Å². The summed E-state index contributed by atoms with van der Waals surface area (Å²) in [5.74, 6) is 1.12. The molecule has 0 spiro atoms. The monoisotopic (exact) mass is 350 g/mol. The zero-order chi connectivity index (χ0) is 18.7. The number of amides is 1. The smallest absolute Gasteiger partial charge is 0.241 e. The van der Waals surface area contributed by atoms with Crippen LogP contribution in [-0.4, -0.2) is 11.9 Å². The molecule has 2 N–H and O–H groups in total. The van der Waals surface area contributed by atoms with Crippen molar-refractivity contribution in [1.29, 1.82) is 0 Å². The molecule has 2 unspecified atom stereocenters. The van der Waals surface area contributed by atoms with Crippen molar-refractivity contribution in [2.24, 2.45) is 0 Å². The van der Waals surface area contributed by atoms with Gasteiger partial charge < -0.3 is 9.73 Å². The van der Waals surface area contributed by atoms with E-state index in [1.807, 2.05) is 62.4 Å². The van der Waals surface area contributed by atoms with E-state index in [1.165, 1.54) is 0 Å². The van der Waals surface area contributed by atoms with Gasteiger partial charge in [0, 0.05) is 11.1 Å². The minimum Gasteiger partial charge on any atom is -0.459 e. The predicted octanol–water partition coefficient (Wildman–Crippen LogP) is 5.23. The number of hydrogen-bond donors (Lipinski definition) is 2. The number of benzene rings is 2. The second-order valence-electron chi connectivity index (χ2n) is 7.03. The third-order valence-electron chi connectivity index (χ3n) is 4.61. The maximum absolute atomic E-state index is 12.6. The van der Waals surface area contributed by atoms with Crippen LogP contribution in [0.15, 0.2) is 59.0 Å². The van der Waals surface area contributed by atoms with Crippen LogP contribution in [0.2, 0.25) is 0 Å². The van der Waals surface area contributed by atoms with Crippen LogP contribution in [-0.2, 0) is 4.79 Å². The van der Waals surface area contributed by atoms with Gasteiger partial charge in [0.05, 0.1) is 12.1 Å². The number of nitrogens with one attached hydrogen (secondary N) is 2. The second-order valence-corrected chi connectivity index (χ2v) is 7.03. The van der Waals surface area contributed by atoms with Crippen molar-refractivity contribution in [2.75, 3.05) is 5.32 Å². The van der Waals surface area contributed by atoms with Crippen molar-refractivity contribution >= 4 is 22.6 Å². The highest BCUT2D eigenvalue weighted by molar-refractivity contribution is 5.95. The number of para-hydroxylation sites is 2. The molecule has 2 atom stereocenters. The fraction of sp³-hybridized carbons (Fsp3) is 0.318. The minimum absolute atomic E-state index is 0.0546. The number of anilines is 1. The minimum atomic E-state index is -0.349. The first-order valence-electron chi connectivity index (χ1n) is 9.10. The Bertz CT molecular complexity index is 865. The lowest BCUT2D eigenvalue weighted by Gasteiger charge is -2.20. The molecular weight excluding hydrogens is 324 g/mol. The van der Waals surface area contributed by atoms with Crippen LogP contribution in [0.25, 0.3) is 11.0 Å². The Kier molecular flexibility index (Phi) is 5.43. The fourth-order valence-corrected chi connectivity index (χ4v) is 3.10. The molecule has 0 aliphatic heterocycles. The van der Waals surface area contributed by atoms with E-state index < -0.39 is 0 Å². The molecule has 3 aromatic rings. The average molecular weight is 350 g/mol. The maximum atomic E-state index is 12.6. The normalized spacial score (nSPS) is 13.7. The standard InChI is InChI=1S/C22H26N2O2/c1-14(2)18-10-6-7-11-19(18)24-22(25)16(4)23-15(3)21-13-17-9-5-8-12-20(17)26-21/h5-16,23H,1-4H3,(H,24,25). The third kappa shape index (κ3) is 3.97. The van der Waals surface area contributed by atoms with Gasteiger partial charge in [0.25, 0.3) is 0 Å². The molecule has 1 aromatic heterocycles. The Morgan fingerprint density at radius 1 is 0.962 bits per heavy atom. The van der Waals surface area contributed by atoms with Gasteiger partial charge in [0.15, 0.2) is 0 Å². The Hall–Kier alpha value is -2.59. The number of carbonyl (C=O) groups excluding carboxylic acids is 1. The third-order valence-corrected chi connectivity index (χ3v) is 4.61. The van der Waals surface area contributed by atoms with Crippen molar-refractivity contribution in [3.05, 3.63) is 65.9 Å². The van der Waals surface area contributed by atoms with Gasteiger partial charge in [-0.15, -0.1) is 0 Å². The average Bonchev–Trinajstić information content (AvgIpc) is 3.06. The molecule has 1 heterocycles. The molecule has 4 nitrogen and oxygen atoms in total. The molecule has 0 radical (unpaired) electrons. The highest BCUT2D eigenvalue weighted by Gasteiger charge is 2.20. The van der Waals surface area contributed by atoms with Crippen LogP contribution in [0.1, 0.15) is 51.0 Å². The largest absolute Gasteiger partial charge is 0.459 e. The van der Waals surface area contributed by atoms with E-state index >= 15 is 0 Å². The highest BCUT2D eigenvalue weighted by atomic mass is 16.3. The predicted molar refractivity (Wildman–Crippen MR) is 106 cm³/mol. The fourth-order valence-electron chi connectivity index (χ4n) is 3.10. The number of furan rings is 1. The zero-order valence-electron chi connectivity index (χ0n) is 15.7. The number of fused-ring (bicyclic) bond motifs is 1. The summed E-state index contributed by atoms with van der Waals surface area (Å²) in [6.07, 6.45) is 0. The van der Waals surface area contributed by atoms with Gasteiger partial charge >= 0.3 is 0 Å². The summed E-state index contributed by atoms with van der Waals surface area (Å²) < 4.78 is 5.89. The van der Waals surface area contributed by atoms with E-state index in [4.69, 9.17) is 4.42 Å². The lowest BCUT2D eigenvalue weighted by molar-refractivity contribution is -0.118. The quantitative estimate of drug-likeness (QED) is 0.640. The van der Waals surface area contributed by atoms with Crippen LogP contribution in [0.4, 0.5) is 5.69 Å². The summed E-state index contributed by atoms with van der Waals surface area (Å²) in [4.78, 5) is 12.6. The van der Waals surface area contributed by atoms with Gasteiger partial charge in [0.2, 0.25) is 5.91 Å². The Balaban J connectivity index is 1.67. The first-order valence-corrected chi connectivity index (χ1v) is 9.10. The van der Waals surface area contributed by atoms with E-state index in [1.54, 1.807) is 0 Å². The van der Waals surface area contributed by atoms with Crippen molar-refractivity contribution in [2.45, 2.75) is 45.7 Å². The van der Waals surface area contributed by atoms with Gasteiger partial charge in [0.1, 0.15) is 11.3 Å². The van der Waals surface area contributed by atoms with Crippen molar-refractivity contribution in [3.8, 4) is 0 Å². The summed E-state index contributed by atoms with van der Waals surface area (Å²) >= 11 is 0. The van der Waals surface area contributed by atoms with Crippen molar-refractivity contribution < 1.29 is 9.21 Å². The Morgan fingerprint density at radius 2 is 1.65 bits per heavy atom. The molecule has 1 amide bonds. The summed E-state index contributed by atoms with van der Waals surface area (Å²) in [5, 5.41) is 7.43. The van der Waals surface area contributed by atoms with Crippen molar-refractivity contribution in [1.82, 2.24) is 5.32 Å². The first kappa shape index (κ1) is 18.2. The van der Waals surface area contributed by atoms with Gasteiger partial charge in [-0.2, -0.15) is 0 Å². The van der Waals surface area contributed by atoms with Gasteiger partial charge in [-0.1, -0.05) is 50.2 Å². The molecule has 4 heteroatoms. The van der Waals surface area contributed by atoms with Gasteiger partial charge in [-0.3, -0.25) is 10.1 Å². The summed E-state index contributed by atoms with van der Waals surface area (Å²) in [6, 6.07) is 17.5. The molecule has 0 saturated heterocycles. The molecule has 2 aromatic carbocycles. The molecule has 0 fully saturated rings. The molecule has 136 valence electrons. The molecule has 3 rings (SSSR count). The summed E-state index contributed by atoms with van der Waals surface area (Å²) in [6.45, 7) is 8.11. The maximum Gasteiger partial charge on any atom is 0.241 e. The van der Waals surface area contributed by atoms with E-state index in [-0.39, 0.29) is 18.0 Å². The van der Waals surface area contributed by atoms with E-state index in [2.05, 4.69) is 30.5 Å². The number of rotatable bonds is 6. The summed E-state index contributed by atoms with van der Waals surface area (Å²) in [5.41, 5.74) is 2.87. The van der Waals surface area contributed by atoms with Gasteiger partial charge in [-0.25, -0.2) is 0 Å². The lowest BCUT2D eigenvalue weighted by atomic mass is 10.0. The van der Waals surface area contributed by atoms with E-state index in [0.717, 1.165) is 28.0 Å².